The normalized spacial score (nSPS) is 14.5. The molecule has 1 aliphatic carbocycles. The fourth-order valence-corrected chi connectivity index (χ4v) is 2.43. The van der Waals surface area contributed by atoms with E-state index in [4.69, 9.17) is 14.5 Å². The average molecular weight is 333 g/mol. The lowest BCUT2D eigenvalue weighted by atomic mass is 10.1. The third-order valence-electron chi connectivity index (χ3n) is 4.11. The van der Waals surface area contributed by atoms with Crippen molar-refractivity contribution >= 4 is 5.96 Å². The molecule has 134 valence electrons. The van der Waals surface area contributed by atoms with Crippen molar-refractivity contribution in [3.8, 4) is 5.75 Å². The number of ether oxygens (including phenoxy) is 2. The van der Waals surface area contributed by atoms with Gasteiger partial charge in [-0.05, 0) is 49.8 Å². The summed E-state index contributed by atoms with van der Waals surface area (Å²) in [5, 5.41) is 3.35. The number of methoxy groups -OCH3 is 1. The van der Waals surface area contributed by atoms with E-state index in [1.807, 2.05) is 12.1 Å². The molecule has 0 amide bonds. The van der Waals surface area contributed by atoms with Crippen molar-refractivity contribution in [2.24, 2.45) is 10.9 Å². The van der Waals surface area contributed by atoms with Crippen LogP contribution in [0.25, 0.3) is 0 Å². The lowest BCUT2D eigenvalue weighted by Crippen LogP contribution is -2.40. The summed E-state index contributed by atoms with van der Waals surface area (Å²) >= 11 is 0. The van der Waals surface area contributed by atoms with Crippen LogP contribution in [0.5, 0.6) is 5.75 Å². The Hall–Kier alpha value is -1.75. The number of hydrogen-bond donors (Lipinski definition) is 1. The van der Waals surface area contributed by atoms with E-state index < -0.39 is 0 Å². The van der Waals surface area contributed by atoms with Gasteiger partial charge in [-0.3, -0.25) is 4.99 Å². The standard InChI is InChI=1S/C19H31N3O2/c1-4-20-19(22(2)12-13-24-15-17-8-9-17)21-11-10-16-6-5-7-18(14-16)23-3/h5-7,14,17H,4,8-13,15H2,1-3H3,(H,20,21). The van der Waals surface area contributed by atoms with Crippen molar-refractivity contribution in [2.45, 2.75) is 26.2 Å². The zero-order valence-electron chi connectivity index (χ0n) is 15.3. The second-order valence-corrected chi connectivity index (χ2v) is 6.28. The Labute approximate surface area is 146 Å². The highest BCUT2D eigenvalue weighted by atomic mass is 16.5. The van der Waals surface area contributed by atoms with E-state index in [1.165, 1.54) is 18.4 Å². The van der Waals surface area contributed by atoms with Crippen LogP contribution in [0.3, 0.4) is 0 Å². The SMILES string of the molecule is CCNC(=NCCc1cccc(OC)c1)N(C)CCOCC1CC1. The summed E-state index contributed by atoms with van der Waals surface area (Å²) in [6.07, 6.45) is 3.58. The van der Waals surface area contributed by atoms with Crippen LogP contribution < -0.4 is 10.1 Å². The summed E-state index contributed by atoms with van der Waals surface area (Å²) in [6, 6.07) is 8.16. The van der Waals surface area contributed by atoms with Crippen LogP contribution in [-0.4, -0.2) is 57.9 Å². The molecule has 0 aliphatic heterocycles. The maximum atomic E-state index is 5.72. The highest BCUT2D eigenvalue weighted by Crippen LogP contribution is 2.28. The maximum absolute atomic E-state index is 5.72. The lowest BCUT2D eigenvalue weighted by Gasteiger charge is -2.22. The van der Waals surface area contributed by atoms with Crippen LogP contribution >= 0.6 is 0 Å². The van der Waals surface area contributed by atoms with E-state index in [1.54, 1.807) is 7.11 Å². The summed E-state index contributed by atoms with van der Waals surface area (Å²) in [5.74, 6) is 2.66. The number of nitrogens with zero attached hydrogens (tertiary/aromatic N) is 2. The summed E-state index contributed by atoms with van der Waals surface area (Å²) in [4.78, 5) is 6.87. The van der Waals surface area contributed by atoms with E-state index >= 15 is 0 Å². The van der Waals surface area contributed by atoms with E-state index in [9.17, 15) is 0 Å². The Morgan fingerprint density at radius 1 is 1.38 bits per heavy atom. The number of hydrogen-bond acceptors (Lipinski definition) is 3. The van der Waals surface area contributed by atoms with Crippen molar-refractivity contribution in [3.05, 3.63) is 29.8 Å². The molecule has 5 heteroatoms. The predicted molar refractivity (Wildman–Crippen MR) is 98.8 cm³/mol. The first-order valence-electron chi connectivity index (χ1n) is 8.93. The van der Waals surface area contributed by atoms with E-state index in [0.717, 1.165) is 56.9 Å². The molecule has 0 unspecified atom stereocenters. The zero-order valence-corrected chi connectivity index (χ0v) is 15.3. The number of likely N-dealkylation sites (N-methyl/N-ethyl adjacent to an activating group) is 1. The molecule has 0 heterocycles. The van der Waals surface area contributed by atoms with Crippen LogP contribution in [0.1, 0.15) is 25.3 Å². The second-order valence-electron chi connectivity index (χ2n) is 6.28. The van der Waals surface area contributed by atoms with Crippen molar-refractivity contribution in [3.63, 3.8) is 0 Å². The molecule has 0 spiro atoms. The number of aliphatic imine (C=N–C) groups is 1. The van der Waals surface area contributed by atoms with Gasteiger partial charge in [0.25, 0.3) is 0 Å². The molecule has 5 nitrogen and oxygen atoms in total. The summed E-state index contributed by atoms with van der Waals surface area (Å²) in [7, 11) is 3.76. The van der Waals surface area contributed by atoms with Gasteiger partial charge in [0.05, 0.1) is 13.7 Å². The predicted octanol–water partition coefficient (Wildman–Crippen LogP) is 2.56. The molecule has 1 aromatic carbocycles. The van der Waals surface area contributed by atoms with Crippen LogP contribution in [0.2, 0.25) is 0 Å². The molecule has 1 N–H and O–H groups in total. The first-order valence-corrected chi connectivity index (χ1v) is 8.93. The second kappa shape index (κ2) is 10.2. The first-order chi connectivity index (χ1) is 11.7. The molecule has 2 rings (SSSR count). The number of nitrogens with one attached hydrogen (secondary N) is 1. The number of rotatable bonds is 10. The Balaban J connectivity index is 1.77. The lowest BCUT2D eigenvalue weighted by molar-refractivity contribution is 0.115. The molecule has 0 aromatic heterocycles. The van der Waals surface area contributed by atoms with Gasteiger partial charge < -0.3 is 19.7 Å². The van der Waals surface area contributed by atoms with Gasteiger partial charge in [0.15, 0.2) is 5.96 Å². The highest BCUT2D eigenvalue weighted by molar-refractivity contribution is 5.79. The molecule has 0 radical (unpaired) electrons. The van der Waals surface area contributed by atoms with Crippen molar-refractivity contribution < 1.29 is 9.47 Å². The molecule has 0 atom stereocenters. The van der Waals surface area contributed by atoms with Crippen LogP contribution in [0, 0.1) is 5.92 Å². The van der Waals surface area contributed by atoms with E-state index in [-0.39, 0.29) is 0 Å². The molecular formula is C19H31N3O2. The third-order valence-corrected chi connectivity index (χ3v) is 4.11. The number of guanidine groups is 1. The Morgan fingerprint density at radius 2 is 2.21 bits per heavy atom. The largest absolute Gasteiger partial charge is 0.497 e. The Morgan fingerprint density at radius 3 is 2.92 bits per heavy atom. The quantitative estimate of drug-likeness (QED) is 0.406. The van der Waals surface area contributed by atoms with Gasteiger partial charge in [-0.1, -0.05) is 12.1 Å². The molecule has 1 fully saturated rings. The van der Waals surface area contributed by atoms with Crippen molar-refractivity contribution in [1.29, 1.82) is 0 Å². The fraction of sp³-hybridized carbons (Fsp3) is 0.632. The van der Waals surface area contributed by atoms with Crippen LogP contribution in [0.4, 0.5) is 0 Å². The van der Waals surface area contributed by atoms with E-state index in [2.05, 4.69) is 36.3 Å². The average Bonchev–Trinajstić information content (AvgIpc) is 3.42. The van der Waals surface area contributed by atoms with Gasteiger partial charge in [-0.15, -0.1) is 0 Å². The van der Waals surface area contributed by atoms with Crippen LogP contribution in [-0.2, 0) is 11.2 Å². The molecule has 1 aromatic rings. The van der Waals surface area contributed by atoms with Gasteiger partial charge in [-0.2, -0.15) is 0 Å². The van der Waals surface area contributed by atoms with E-state index in [0.29, 0.717) is 0 Å². The van der Waals surface area contributed by atoms with Gasteiger partial charge >= 0.3 is 0 Å². The third kappa shape index (κ3) is 6.79. The highest BCUT2D eigenvalue weighted by Gasteiger charge is 2.21. The zero-order chi connectivity index (χ0) is 17.2. The molecule has 0 saturated heterocycles. The van der Waals surface area contributed by atoms with Crippen LogP contribution in [0.15, 0.2) is 29.3 Å². The minimum atomic E-state index is 0.753. The summed E-state index contributed by atoms with van der Waals surface area (Å²) in [5.41, 5.74) is 1.24. The molecule has 1 saturated carbocycles. The van der Waals surface area contributed by atoms with Gasteiger partial charge in [0.2, 0.25) is 0 Å². The molecule has 24 heavy (non-hydrogen) atoms. The minimum Gasteiger partial charge on any atom is -0.497 e. The van der Waals surface area contributed by atoms with Gasteiger partial charge in [-0.25, -0.2) is 0 Å². The summed E-state index contributed by atoms with van der Waals surface area (Å²) < 4.78 is 11.0. The van der Waals surface area contributed by atoms with Crippen molar-refractivity contribution in [1.82, 2.24) is 10.2 Å². The maximum Gasteiger partial charge on any atom is 0.193 e. The minimum absolute atomic E-state index is 0.753. The Kier molecular flexibility index (Phi) is 7.89. The molecule has 0 bridgehead atoms. The first kappa shape index (κ1) is 18.6. The molecular weight excluding hydrogens is 302 g/mol. The number of benzene rings is 1. The summed E-state index contributed by atoms with van der Waals surface area (Å²) in [6.45, 7) is 6.24. The topological polar surface area (TPSA) is 46.1 Å². The monoisotopic (exact) mass is 333 g/mol. The Bertz CT molecular complexity index is 515. The van der Waals surface area contributed by atoms with Gasteiger partial charge in [0.1, 0.15) is 5.75 Å². The smallest absolute Gasteiger partial charge is 0.193 e. The van der Waals surface area contributed by atoms with Gasteiger partial charge in [0, 0.05) is 33.3 Å². The molecule has 1 aliphatic rings. The van der Waals surface area contributed by atoms with Crippen molar-refractivity contribution in [2.75, 3.05) is 47.0 Å². The fourth-order valence-electron chi connectivity index (χ4n) is 2.43.